The molecule has 0 fully saturated rings. The molecule has 3 rings (SSSR count). The predicted octanol–water partition coefficient (Wildman–Crippen LogP) is 5.96. The maximum Gasteiger partial charge on any atom is 0.161 e. The van der Waals surface area contributed by atoms with Crippen LogP contribution in [0.15, 0.2) is 42.5 Å². The molecule has 2 heterocycles. The number of phenolic OH excluding ortho intramolecular Hbond substituents is 1. The number of pyridine rings is 1. The highest BCUT2D eigenvalue weighted by atomic mass is 32.1. The van der Waals surface area contributed by atoms with Gasteiger partial charge in [0.2, 0.25) is 0 Å². The zero-order valence-electron chi connectivity index (χ0n) is 16.2. The SMILES string of the molecule is CCc1ccc(-c2cc(NC(C)CC)nc(-c3ccc(O)c(OC)c3)c2)s1. The Bertz CT molecular complexity index is 920. The van der Waals surface area contributed by atoms with Crippen LogP contribution >= 0.6 is 11.3 Å². The summed E-state index contributed by atoms with van der Waals surface area (Å²) in [6.45, 7) is 6.48. The maximum absolute atomic E-state index is 9.89. The molecule has 4 nitrogen and oxygen atoms in total. The molecule has 2 N–H and O–H groups in total. The summed E-state index contributed by atoms with van der Waals surface area (Å²) in [4.78, 5) is 7.40. The summed E-state index contributed by atoms with van der Waals surface area (Å²) in [5.41, 5.74) is 2.90. The molecule has 0 saturated carbocycles. The van der Waals surface area contributed by atoms with Crippen molar-refractivity contribution in [2.24, 2.45) is 0 Å². The third-order valence-corrected chi connectivity index (χ3v) is 5.88. The van der Waals surface area contributed by atoms with Gasteiger partial charge in [0.05, 0.1) is 12.8 Å². The van der Waals surface area contributed by atoms with Gasteiger partial charge in [-0.1, -0.05) is 13.8 Å². The van der Waals surface area contributed by atoms with Crippen LogP contribution in [0.5, 0.6) is 11.5 Å². The fourth-order valence-electron chi connectivity index (χ4n) is 2.81. The molecule has 0 aliphatic carbocycles. The zero-order valence-corrected chi connectivity index (χ0v) is 17.1. The van der Waals surface area contributed by atoms with Crippen molar-refractivity contribution in [3.63, 3.8) is 0 Å². The van der Waals surface area contributed by atoms with Crippen LogP contribution in [0, 0.1) is 0 Å². The highest BCUT2D eigenvalue weighted by molar-refractivity contribution is 7.15. The number of hydrogen-bond donors (Lipinski definition) is 2. The molecule has 142 valence electrons. The van der Waals surface area contributed by atoms with E-state index in [2.05, 4.69) is 50.4 Å². The molecular formula is C22H26N2O2S. The molecule has 0 aliphatic rings. The quantitative estimate of drug-likeness (QED) is 0.529. The third kappa shape index (κ3) is 4.42. The van der Waals surface area contributed by atoms with Gasteiger partial charge in [0.15, 0.2) is 11.5 Å². The first-order valence-corrected chi connectivity index (χ1v) is 10.1. The largest absolute Gasteiger partial charge is 0.504 e. The number of rotatable bonds is 7. The predicted molar refractivity (Wildman–Crippen MR) is 114 cm³/mol. The van der Waals surface area contributed by atoms with Crippen LogP contribution in [-0.2, 0) is 6.42 Å². The van der Waals surface area contributed by atoms with Gasteiger partial charge in [-0.25, -0.2) is 4.98 Å². The van der Waals surface area contributed by atoms with Crippen molar-refractivity contribution in [3.8, 4) is 33.2 Å². The van der Waals surface area contributed by atoms with E-state index in [9.17, 15) is 5.11 Å². The van der Waals surface area contributed by atoms with Gasteiger partial charge in [0.1, 0.15) is 5.82 Å². The number of anilines is 1. The minimum absolute atomic E-state index is 0.126. The molecule has 1 unspecified atom stereocenters. The highest BCUT2D eigenvalue weighted by Gasteiger charge is 2.12. The molecule has 27 heavy (non-hydrogen) atoms. The molecule has 2 aromatic heterocycles. The number of hydrogen-bond acceptors (Lipinski definition) is 5. The summed E-state index contributed by atoms with van der Waals surface area (Å²) in [5.74, 6) is 1.43. The van der Waals surface area contributed by atoms with E-state index in [0.29, 0.717) is 11.8 Å². The van der Waals surface area contributed by atoms with Crippen LogP contribution < -0.4 is 10.1 Å². The number of nitrogens with zero attached hydrogens (tertiary/aromatic N) is 1. The molecule has 5 heteroatoms. The summed E-state index contributed by atoms with van der Waals surface area (Å²) in [6, 6.07) is 14.2. The number of methoxy groups -OCH3 is 1. The molecule has 0 radical (unpaired) electrons. The van der Waals surface area contributed by atoms with Crippen molar-refractivity contribution in [2.75, 3.05) is 12.4 Å². The van der Waals surface area contributed by atoms with Crippen molar-refractivity contribution in [2.45, 2.75) is 39.7 Å². The Labute approximate surface area is 164 Å². The Morgan fingerprint density at radius 2 is 1.93 bits per heavy atom. The first-order chi connectivity index (χ1) is 13.0. The van der Waals surface area contributed by atoms with Gasteiger partial charge in [-0.15, -0.1) is 11.3 Å². The number of aromatic nitrogens is 1. The minimum Gasteiger partial charge on any atom is -0.504 e. The fourth-order valence-corrected chi connectivity index (χ4v) is 3.74. The van der Waals surface area contributed by atoms with Crippen molar-refractivity contribution in [1.82, 2.24) is 4.98 Å². The monoisotopic (exact) mass is 382 g/mol. The number of phenols is 1. The van der Waals surface area contributed by atoms with Gasteiger partial charge < -0.3 is 15.2 Å². The molecular weight excluding hydrogens is 356 g/mol. The second kappa shape index (κ2) is 8.44. The molecule has 3 aromatic rings. The normalized spacial score (nSPS) is 12.0. The van der Waals surface area contributed by atoms with Gasteiger partial charge >= 0.3 is 0 Å². The van der Waals surface area contributed by atoms with Crippen LogP contribution in [0.25, 0.3) is 21.7 Å². The molecule has 1 atom stereocenters. The number of ether oxygens (including phenoxy) is 1. The molecule has 0 saturated heterocycles. The van der Waals surface area contributed by atoms with Crippen LogP contribution in [0.2, 0.25) is 0 Å². The van der Waals surface area contributed by atoms with E-state index in [1.54, 1.807) is 13.2 Å². The number of aryl methyl sites for hydroxylation is 1. The minimum atomic E-state index is 0.126. The summed E-state index contributed by atoms with van der Waals surface area (Å²) < 4.78 is 5.26. The van der Waals surface area contributed by atoms with Crippen molar-refractivity contribution < 1.29 is 9.84 Å². The number of aromatic hydroxyl groups is 1. The summed E-state index contributed by atoms with van der Waals surface area (Å²) >= 11 is 1.81. The van der Waals surface area contributed by atoms with Crippen LogP contribution in [0.1, 0.15) is 32.1 Å². The van der Waals surface area contributed by atoms with Crippen molar-refractivity contribution in [3.05, 3.63) is 47.3 Å². The average molecular weight is 383 g/mol. The topological polar surface area (TPSA) is 54.4 Å². The van der Waals surface area contributed by atoms with E-state index in [1.165, 1.54) is 9.75 Å². The number of nitrogens with one attached hydrogen (secondary N) is 1. The van der Waals surface area contributed by atoms with Gasteiger partial charge in [-0.3, -0.25) is 0 Å². The Balaban J connectivity index is 2.09. The molecule has 0 amide bonds. The smallest absolute Gasteiger partial charge is 0.161 e. The Morgan fingerprint density at radius 3 is 2.59 bits per heavy atom. The first kappa shape index (κ1) is 19.2. The zero-order chi connectivity index (χ0) is 19.4. The molecule has 0 spiro atoms. The van der Waals surface area contributed by atoms with Crippen LogP contribution in [-0.4, -0.2) is 23.2 Å². The molecule has 0 aliphatic heterocycles. The van der Waals surface area contributed by atoms with Crippen LogP contribution in [0.3, 0.4) is 0 Å². The lowest BCUT2D eigenvalue weighted by molar-refractivity contribution is 0.373. The van der Waals surface area contributed by atoms with E-state index in [-0.39, 0.29) is 5.75 Å². The van der Waals surface area contributed by atoms with Crippen molar-refractivity contribution >= 4 is 17.2 Å². The Kier molecular flexibility index (Phi) is 6.01. The Hall–Kier alpha value is -2.53. The van der Waals surface area contributed by atoms with E-state index < -0.39 is 0 Å². The van der Waals surface area contributed by atoms with Gasteiger partial charge in [-0.2, -0.15) is 0 Å². The maximum atomic E-state index is 9.89. The highest BCUT2D eigenvalue weighted by Crippen LogP contribution is 2.35. The lowest BCUT2D eigenvalue weighted by atomic mass is 10.1. The van der Waals surface area contributed by atoms with Gasteiger partial charge in [0.25, 0.3) is 0 Å². The average Bonchev–Trinajstić information content (AvgIpc) is 3.17. The second-order valence-electron chi connectivity index (χ2n) is 6.59. The van der Waals surface area contributed by atoms with E-state index in [1.807, 2.05) is 23.5 Å². The number of benzene rings is 1. The van der Waals surface area contributed by atoms with Gasteiger partial charge in [0, 0.05) is 21.4 Å². The summed E-state index contributed by atoms with van der Waals surface area (Å²) in [6.07, 6.45) is 2.06. The molecule has 0 bridgehead atoms. The third-order valence-electron chi connectivity index (χ3n) is 4.60. The summed E-state index contributed by atoms with van der Waals surface area (Å²) in [7, 11) is 1.55. The van der Waals surface area contributed by atoms with E-state index in [4.69, 9.17) is 9.72 Å². The fraction of sp³-hybridized carbons (Fsp3) is 0.318. The summed E-state index contributed by atoms with van der Waals surface area (Å²) in [5, 5.41) is 13.4. The van der Waals surface area contributed by atoms with Gasteiger partial charge in [-0.05, 0) is 67.8 Å². The first-order valence-electron chi connectivity index (χ1n) is 9.29. The van der Waals surface area contributed by atoms with Crippen molar-refractivity contribution in [1.29, 1.82) is 0 Å². The van der Waals surface area contributed by atoms with E-state index in [0.717, 1.165) is 35.5 Å². The van der Waals surface area contributed by atoms with Crippen LogP contribution in [0.4, 0.5) is 5.82 Å². The Morgan fingerprint density at radius 1 is 1.11 bits per heavy atom. The molecule has 1 aromatic carbocycles. The lowest BCUT2D eigenvalue weighted by Crippen LogP contribution is -2.14. The number of thiophene rings is 1. The second-order valence-corrected chi connectivity index (χ2v) is 7.75. The standard InChI is InChI=1S/C22H26N2O2S/c1-5-14(3)23-22-13-16(21-10-8-17(6-2)27-21)11-18(24-22)15-7-9-19(25)20(12-15)26-4/h7-14,25H,5-6H2,1-4H3,(H,23,24). The van der Waals surface area contributed by atoms with E-state index >= 15 is 0 Å². The lowest BCUT2D eigenvalue weighted by Gasteiger charge is -2.15.